The van der Waals surface area contributed by atoms with E-state index < -0.39 is 0 Å². The summed E-state index contributed by atoms with van der Waals surface area (Å²) in [5, 5.41) is 0. The van der Waals surface area contributed by atoms with Crippen LogP contribution < -0.4 is 0 Å². The first-order chi connectivity index (χ1) is 8.15. The Labute approximate surface area is 118 Å². The van der Waals surface area contributed by atoms with Crippen molar-refractivity contribution in [3.8, 4) is 0 Å². The van der Waals surface area contributed by atoms with Crippen LogP contribution in [0.4, 0.5) is 0 Å². The zero-order valence-electron chi connectivity index (χ0n) is 12.1. The Morgan fingerprint density at radius 1 is 1.28 bits per heavy atom. The van der Waals surface area contributed by atoms with Gasteiger partial charge in [0.1, 0.15) is 0 Å². The first-order valence-electron chi connectivity index (χ1n) is 7.03. The molecule has 0 aromatic rings. The maximum Gasteiger partial charge on any atom is 0.162 e. The normalized spacial score (nSPS) is 21.7. The van der Waals surface area contributed by atoms with Gasteiger partial charge in [0, 0.05) is 12.5 Å². The SMILES string of the molecule is CCCCCC/C=C1/CCC(CN(C)C)C1=O.Cl. The molecule has 3 heteroatoms. The van der Waals surface area contributed by atoms with Crippen LogP contribution in [0.3, 0.4) is 0 Å². The number of hydrogen-bond acceptors (Lipinski definition) is 2. The smallest absolute Gasteiger partial charge is 0.162 e. The van der Waals surface area contributed by atoms with Gasteiger partial charge in [-0.05, 0) is 45.4 Å². The third-order valence-electron chi connectivity index (χ3n) is 3.48. The summed E-state index contributed by atoms with van der Waals surface area (Å²) in [5.74, 6) is 0.668. The quantitative estimate of drug-likeness (QED) is 0.519. The van der Waals surface area contributed by atoms with Gasteiger partial charge < -0.3 is 4.90 Å². The minimum atomic E-state index is 0. The van der Waals surface area contributed by atoms with Gasteiger partial charge in [0.25, 0.3) is 0 Å². The predicted octanol–water partition coefficient (Wildman–Crippen LogP) is 3.85. The van der Waals surface area contributed by atoms with Crippen molar-refractivity contribution in [1.29, 1.82) is 0 Å². The Balaban J connectivity index is 0.00000289. The van der Waals surface area contributed by atoms with Crippen molar-refractivity contribution in [2.24, 2.45) is 5.92 Å². The summed E-state index contributed by atoms with van der Waals surface area (Å²) in [7, 11) is 4.08. The third-order valence-corrected chi connectivity index (χ3v) is 3.48. The molecule has 1 unspecified atom stereocenters. The minimum Gasteiger partial charge on any atom is -0.309 e. The number of allylic oxidation sites excluding steroid dienone is 2. The van der Waals surface area contributed by atoms with Crippen molar-refractivity contribution in [3.05, 3.63) is 11.6 Å². The fourth-order valence-electron chi connectivity index (χ4n) is 2.51. The van der Waals surface area contributed by atoms with Crippen LogP contribution >= 0.6 is 12.4 Å². The van der Waals surface area contributed by atoms with E-state index in [1.54, 1.807) is 0 Å². The van der Waals surface area contributed by atoms with Gasteiger partial charge in [-0.2, -0.15) is 0 Å². The molecule has 0 aromatic carbocycles. The van der Waals surface area contributed by atoms with Gasteiger partial charge in [0.15, 0.2) is 5.78 Å². The van der Waals surface area contributed by atoms with Crippen LogP contribution in [-0.4, -0.2) is 31.3 Å². The Bertz CT molecular complexity index is 274. The van der Waals surface area contributed by atoms with Gasteiger partial charge in [0.05, 0.1) is 0 Å². The molecule has 1 fully saturated rings. The number of carbonyl (C=O) groups is 1. The van der Waals surface area contributed by atoms with Crippen LogP contribution in [0.2, 0.25) is 0 Å². The summed E-state index contributed by atoms with van der Waals surface area (Å²) in [5.41, 5.74) is 1.10. The lowest BCUT2D eigenvalue weighted by Crippen LogP contribution is -2.24. The van der Waals surface area contributed by atoms with E-state index >= 15 is 0 Å². The Kier molecular flexibility index (Phi) is 9.39. The summed E-state index contributed by atoms with van der Waals surface area (Å²) in [6.45, 7) is 3.14. The van der Waals surface area contributed by atoms with Crippen LogP contribution in [0.1, 0.15) is 51.9 Å². The lowest BCUT2D eigenvalue weighted by Gasteiger charge is -2.13. The van der Waals surface area contributed by atoms with Crippen LogP contribution in [0, 0.1) is 5.92 Å². The predicted molar refractivity (Wildman–Crippen MR) is 80.4 cm³/mol. The molecule has 0 saturated heterocycles. The van der Waals surface area contributed by atoms with Gasteiger partial charge in [-0.1, -0.05) is 32.3 Å². The van der Waals surface area contributed by atoms with E-state index in [2.05, 4.69) is 17.9 Å². The Morgan fingerprint density at radius 3 is 2.61 bits per heavy atom. The number of rotatable bonds is 7. The fraction of sp³-hybridized carbons (Fsp3) is 0.800. The summed E-state index contributed by atoms with van der Waals surface area (Å²) >= 11 is 0. The lowest BCUT2D eigenvalue weighted by molar-refractivity contribution is -0.118. The number of halogens is 1. The van der Waals surface area contributed by atoms with Crippen LogP contribution in [0.5, 0.6) is 0 Å². The first kappa shape index (κ1) is 17.7. The molecule has 2 nitrogen and oxygen atoms in total. The number of hydrogen-bond donors (Lipinski definition) is 0. The second-order valence-electron chi connectivity index (χ2n) is 5.44. The van der Waals surface area contributed by atoms with E-state index in [-0.39, 0.29) is 18.3 Å². The minimum absolute atomic E-state index is 0. The molecule has 1 rings (SSSR count). The topological polar surface area (TPSA) is 20.3 Å². The number of carbonyl (C=O) groups excluding carboxylic acids is 1. The number of unbranched alkanes of at least 4 members (excludes halogenated alkanes) is 4. The molecular formula is C15H28ClNO. The number of nitrogens with zero attached hydrogens (tertiary/aromatic N) is 1. The van der Waals surface area contributed by atoms with Crippen LogP contribution in [-0.2, 0) is 4.79 Å². The molecule has 0 radical (unpaired) electrons. The Hall–Kier alpha value is -0.340. The number of ketones is 1. The maximum atomic E-state index is 12.1. The van der Waals surface area contributed by atoms with E-state index in [1.165, 1.54) is 25.7 Å². The summed E-state index contributed by atoms with van der Waals surface area (Å²) < 4.78 is 0. The van der Waals surface area contributed by atoms with Crippen molar-refractivity contribution >= 4 is 18.2 Å². The van der Waals surface area contributed by atoms with Crippen molar-refractivity contribution in [1.82, 2.24) is 4.90 Å². The van der Waals surface area contributed by atoms with E-state index in [0.717, 1.165) is 31.4 Å². The maximum absolute atomic E-state index is 12.1. The first-order valence-corrected chi connectivity index (χ1v) is 7.03. The van der Waals surface area contributed by atoms with E-state index in [9.17, 15) is 4.79 Å². The average molecular weight is 274 g/mol. The van der Waals surface area contributed by atoms with Crippen molar-refractivity contribution < 1.29 is 4.79 Å². The highest BCUT2D eigenvalue weighted by atomic mass is 35.5. The highest BCUT2D eigenvalue weighted by Crippen LogP contribution is 2.27. The standard InChI is InChI=1S/C15H27NO.ClH/c1-4-5-6-7-8-9-13-10-11-14(15(13)17)12-16(2)3;/h9,14H,4-8,10-12H2,1-3H3;1H/b13-9-;. The molecule has 0 bridgehead atoms. The molecule has 1 saturated carbocycles. The molecule has 0 heterocycles. The molecule has 0 N–H and O–H groups in total. The van der Waals surface area contributed by atoms with Crippen LogP contribution in [0.15, 0.2) is 11.6 Å². The van der Waals surface area contributed by atoms with Gasteiger partial charge in [-0.15, -0.1) is 12.4 Å². The highest BCUT2D eigenvalue weighted by molar-refractivity contribution is 5.99. The molecule has 0 amide bonds. The fourth-order valence-corrected chi connectivity index (χ4v) is 2.51. The molecule has 106 valence electrons. The zero-order valence-corrected chi connectivity index (χ0v) is 12.9. The second-order valence-corrected chi connectivity index (χ2v) is 5.44. The second kappa shape index (κ2) is 9.57. The largest absolute Gasteiger partial charge is 0.309 e. The lowest BCUT2D eigenvalue weighted by atomic mass is 10.0. The van der Waals surface area contributed by atoms with Gasteiger partial charge in [0.2, 0.25) is 0 Å². The highest BCUT2D eigenvalue weighted by Gasteiger charge is 2.28. The van der Waals surface area contributed by atoms with Gasteiger partial charge >= 0.3 is 0 Å². The van der Waals surface area contributed by atoms with Gasteiger partial charge in [-0.3, -0.25) is 4.79 Å². The van der Waals surface area contributed by atoms with E-state index in [4.69, 9.17) is 0 Å². The molecule has 1 atom stereocenters. The number of Topliss-reactive ketones (excluding diaryl/α,β-unsaturated/α-hetero) is 1. The zero-order chi connectivity index (χ0) is 12.7. The van der Waals surface area contributed by atoms with E-state index in [0.29, 0.717) is 5.78 Å². The Morgan fingerprint density at radius 2 is 2.00 bits per heavy atom. The molecule has 18 heavy (non-hydrogen) atoms. The van der Waals surface area contributed by atoms with E-state index in [1.807, 2.05) is 14.1 Å². The average Bonchev–Trinajstić information content (AvgIpc) is 2.60. The molecule has 0 aromatic heterocycles. The third kappa shape index (κ3) is 6.01. The van der Waals surface area contributed by atoms with Crippen molar-refractivity contribution in [2.75, 3.05) is 20.6 Å². The monoisotopic (exact) mass is 273 g/mol. The molecular weight excluding hydrogens is 246 g/mol. The van der Waals surface area contributed by atoms with Crippen molar-refractivity contribution in [3.63, 3.8) is 0 Å². The van der Waals surface area contributed by atoms with Crippen LogP contribution in [0.25, 0.3) is 0 Å². The molecule has 0 spiro atoms. The molecule has 1 aliphatic carbocycles. The van der Waals surface area contributed by atoms with Gasteiger partial charge in [-0.25, -0.2) is 0 Å². The summed E-state index contributed by atoms with van der Waals surface area (Å²) in [6, 6.07) is 0. The molecule has 0 aliphatic heterocycles. The van der Waals surface area contributed by atoms with Crippen molar-refractivity contribution in [2.45, 2.75) is 51.9 Å². The summed E-state index contributed by atoms with van der Waals surface area (Å²) in [6.07, 6.45) is 10.5. The molecule has 1 aliphatic rings. The summed E-state index contributed by atoms with van der Waals surface area (Å²) in [4.78, 5) is 14.2.